The van der Waals surface area contributed by atoms with Crippen molar-refractivity contribution < 1.29 is 14.6 Å². The van der Waals surface area contributed by atoms with Crippen LogP contribution in [-0.2, 0) is 16.0 Å². The molecule has 1 amide bonds. The first-order valence-electron chi connectivity index (χ1n) is 6.68. The minimum Gasteiger partial charge on any atom is -0.394 e. The maximum Gasteiger partial charge on any atom is 0.227 e. The zero-order valence-electron chi connectivity index (χ0n) is 11.5. The highest BCUT2D eigenvalue weighted by atomic mass is 16.5. The number of nitrogens with zero attached hydrogens (tertiary/aromatic N) is 1. The van der Waals surface area contributed by atoms with Crippen LogP contribution >= 0.6 is 0 Å². The Bertz CT molecular complexity index is 447. The molecule has 1 heterocycles. The summed E-state index contributed by atoms with van der Waals surface area (Å²) in [7, 11) is 0. The largest absolute Gasteiger partial charge is 0.394 e. The summed E-state index contributed by atoms with van der Waals surface area (Å²) in [6, 6.07) is 7.99. The van der Waals surface area contributed by atoms with Gasteiger partial charge in [-0.05, 0) is 19.4 Å². The van der Waals surface area contributed by atoms with Gasteiger partial charge in [0.2, 0.25) is 5.91 Å². The molecule has 104 valence electrons. The number of aryl methyl sites for hydroxylation is 1. The molecule has 2 atom stereocenters. The predicted octanol–water partition coefficient (Wildman–Crippen LogP) is 1.15. The molecule has 0 aromatic heterocycles. The number of carbonyl (C=O) groups excluding carboxylic acids is 1. The molecule has 4 nitrogen and oxygen atoms in total. The first-order chi connectivity index (χ1) is 9.08. The van der Waals surface area contributed by atoms with E-state index in [0.29, 0.717) is 19.5 Å². The van der Waals surface area contributed by atoms with Crippen molar-refractivity contribution in [3.8, 4) is 0 Å². The monoisotopic (exact) mass is 263 g/mol. The van der Waals surface area contributed by atoms with Crippen LogP contribution in [0, 0.1) is 6.92 Å². The molecule has 1 N–H and O–H groups in total. The van der Waals surface area contributed by atoms with Crippen LogP contribution in [0.15, 0.2) is 24.3 Å². The van der Waals surface area contributed by atoms with Gasteiger partial charge in [0.1, 0.15) is 0 Å². The van der Waals surface area contributed by atoms with Crippen molar-refractivity contribution in [2.45, 2.75) is 32.5 Å². The number of ether oxygens (including phenoxy) is 1. The molecule has 2 unspecified atom stereocenters. The summed E-state index contributed by atoms with van der Waals surface area (Å²) in [4.78, 5) is 14.1. The molecule has 0 spiro atoms. The van der Waals surface area contributed by atoms with Crippen LogP contribution in [0.5, 0.6) is 0 Å². The Labute approximate surface area is 114 Å². The maximum atomic E-state index is 12.3. The van der Waals surface area contributed by atoms with Crippen molar-refractivity contribution in [1.29, 1.82) is 0 Å². The van der Waals surface area contributed by atoms with E-state index in [2.05, 4.69) is 0 Å². The Hall–Kier alpha value is -1.39. The lowest BCUT2D eigenvalue weighted by atomic mass is 10.1. The van der Waals surface area contributed by atoms with Crippen molar-refractivity contribution in [2.24, 2.45) is 0 Å². The Morgan fingerprint density at radius 1 is 1.47 bits per heavy atom. The lowest BCUT2D eigenvalue weighted by molar-refractivity contribution is -0.146. The van der Waals surface area contributed by atoms with Crippen LogP contribution in [0.1, 0.15) is 18.1 Å². The van der Waals surface area contributed by atoms with Gasteiger partial charge >= 0.3 is 0 Å². The lowest BCUT2D eigenvalue weighted by Gasteiger charge is -2.36. The molecule has 0 radical (unpaired) electrons. The van der Waals surface area contributed by atoms with Crippen LogP contribution in [0.3, 0.4) is 0 Å². The Morgan fingerprint density at radius 3 is 2.95 bits per heavy atom. The second-order valence-electron chi connectivity index (χ2n) is 5.22. The van der Waals surface area contributed by atoms with Crippen LogP contribution in [0.25, 0.3) is 0 Å². The third kappa shape index (κ3) is 3.78. The predicted molar refractivity (Wildman–Crippen MR) is 72.9 cm³/mol. The number of hydrogen-bond donors (Lipinski definition) is 1. The minimum absolute atomic E-state index is 0.0210. The van der Waals surface area contributed by atoms with E-state index < -0.39 is 0 Å². The number of rotatable bonds is 3. The summed E-state index contributed by atoms with van der Waals surface area (Å²) >= 11 is 0. The number of aliphatic hydroxyl groups is 1. The minimum atomic E-state index is -0.259. The van der Waals surface area contributed by atoms with Gasteiger partial charge in [-0.1, -0.05) is 29.8 Å². The van der Waals surface area contributed by atoms with Crippen LogP contribution in [0.4, 0.5) is 0 Å². The summed E-state index contributed by atoms with van der Waals surface area (Å²) in [5.74, 6) is 0.0965. The van der Waals surface area contributed by atoms with Gasteiger partial charge in [-0.2, -0.15) is 0 Å². The quantitative estimate of drug-likeness (QED) is 0.890. The molecule has 1 fully saturated rings. The fourth-order valence-electron chi connectivity index (χ4n) is 2.46. The summed E-state index contributed by atoms with van der Waals surface area (Å²) in [5, 5.41) is 9.17. The Balaban J connectivity index is 1.99. The van der Waals surface area contributed by atoms with Gasteiger partial charge in [-0.3, -0.25) is 4.79 Å². The van der Waals surface area contributed by atoms with Crippen molar-refractivity contribution in [3.05, 3.63) is 35.4 Å². The van der Waals surface area contributed by atoms with Crippen LogP contribution < -0.4 is 0 Å². The summed E-state index contributed by atoms with van der Waals surface area (Å²) < 4.78 is 5.54. The van der Waals surface area contributed by atoms with E-state index >= 15 is 0 Å². The molecule has 2 rings (SSSR count). The SMILES string of the molecule is Cc1cccc(CC(=O)N2CC(C)OC(CO)C2)c1. The van der Waals surface area contributed by atoms with E-state index in [1.165, 1.54) is 0 Å². The van der Waals surface area contributed by atoms with Crippen molar-refractivity contribution in [3.63, 3.8) is 0 Å². The van der Waals surface area contributed by atoms with E-state index in [1.54, 1.807) is 4.90 Å². The molecule has 0 aliphatic carbocycles. The second kappa shape index (κ2) is 6.17. The van der Waals surface area contributed by atoms with Gasteiger partial charge in [0.05, 0.1) is 25.2 Å². The number of morpholine rings is 1. The molecule has 0 saturated carbocycles. The topological polar surface area (TPSA) is 49.8 Å². The van der Waals surface area contributed by atoms with E-state index in [1.807, 2.05) is 38.1 Å². The summed E-state index contributed by atoms with van der Waals surface area (Å²) in [6.45, 7) is 4.98. The molecule has 1 aromatic rings. The van der Waals surface area contributed by atoms with Gasteiger partial charge in [-0.15, -0.1) is 0 Å². The number of benzene rings is 1. The number of amides is 1. The second-order valence-corrected chi connectivity index (χ2v) is 5.22. The first-order valence-corrected chi connectivity index (χ1v) is 6.68. The Morgan fingerprint density at radius 2 is 2.26 bits per heavy atom. The number of carbonyl (C=O) groups is 1. The van der Waals surface area contributed by atoms with Crippen molar-refractivity contribution in [1.82, 2.24) is 4.90 Å². The molecular formula is C15H21NO3. The smallest absolute Gasteiger partial charge is 0.227 e. The zero-order chi connectivity index (χ0) is 13.8. The third-order valence-electron chi connectivity index (χ3n) is 3.32. The standard InChI is InChI=1S/C15H21NO3/c1-11-4-3-5-13(6-11)7-15(18)16-8-12(2)19-14(9-16)10-17/h3-6,12,14,17H,7-10H2,1-2H3. The fourth-order valence-corrected chi connectivity index (χ4v) is 2.46. The van der Waals surface area contributed by atoms with E-state index in [-0.39, 0.29) is 24.7 Å². The first kappa shape index (κ1) is 14.0. The van der Waals surface area contributed by atoms with Gasteiger partial charge in [-0.25, -0.2) is 0 Å². The molecule has 1 saturated heterocycles. The highest BCUT2D eigenvalue weighted by Crippen LogP contribution is 2.13. The molecular weight excluding hydrogens is 242 g/mol. The van der Waals surface area contributed by atoms with Crippen molar-refractivity contribution >= 4 is 5.91 Å². The van der Waals surface area contributed by atoms with E-state index in [9.17, 15) is 9.90 Å². The van der Waals surface area contributed by atoms with Gasteiger partial charge in [0.15, 0.2) is 0 Å². The van der Waals surface area contributed by atoms with Gasteiger partial charge in [0, 0.05) is 13.1 Å². The summed E-state index contributed by atoms with van der Waals surface area (Å²) in [6.07, 6.45) is 0.129. The normalized spacial score (nSPS) is 23.4. The average molecular weight is 263 g/mol. The average Bonchev–Trinajstić information content (AvgIpc) is 2.38. The lowest BCUT2D eigenvalue weighted by Crippen LogP contribution is -2.50. The van der Waals surface area contributed by atoms with Crippen LogP contribution in [0.2, 0.25) is 0 Å². The molecule has 19 heavy (non-hydrogen) atoms. The fraction of sp³-hybridized carbons (Fsp3) is 0.533. The maximum absolute atomic E-state index is 12.3. The molecule has 0 bridgehead atoms. The molecule has 4 heteroatoms. The molecule has 1 aliphatic rings. The summed E-state index contributed by atoms with van der Waals surface area (Å²) in [5.41, 5.74) is 2.19. The van der Waals surface area contributed by atoms with E-state index in [0.717, 1.165) is 11.1 Å². The van der Waals surface area contributed by atoms with E-state index in [4.69, 9.17) is 4.74 Å². The van der Waals surface area contributed by atoms with Crippen LogP contribution in [-0.4, -0.2) is 47.8 Å². The molecule has 1 aromatic carbocycles. The van der Waals surface area contributed by atoms with Gasteiger partial charge in [0.25, 0.3) is 0 Å². The highest BCUT2D eigenvalue weighted by Gasteiger charge is 2.27. The number of hydrogen-bond acceptors (Lipinski definition) is 3. The highest BCUT2D eigenvalue weighted by molar-refractivity contribution is 5.79. The Kier molecular flexibility index (Phi) is 4.56. The number of aliphatic hydroxyl groups excluding tert-OH is 1. The van der Waals surface area contributed by atoms with Gasteiger partial charge < -0.3 is 14.7 Å². The molecule has 1 aliphatic heterocycles. The zero-order valence-corrected chi connectivity index (χ0v) is 11.5. The third-order valence-corrected chi connectivity index (χ3v) is 3.32. The van der Waals surface area contributed by atoms with Crippen molar-refractivity contribution in [2.75, 3.05) is 19.7 Å².